The first-order valence-electron chi connectivity index (χ1n) is 5.19. The Kier molecular flexibility index (Phi) is 6.14. The first-order chi connectivity index (χ1) is 6.43. The van der Waals surface area contributed by atoms with Crippen molar-refractivity contribution in [1.29, 1.82) is 0 Å². The Hall–Kier alpha value is -0.130. The summed E-state index contributed by atoms with van der Waals surface area (Å²) in [6, 6.07) is 0. The maximum Gasteiger partial charge on any atom is 0.0172 e. The Morgan fingerprint density at radius 3 is 3.08 bits per heavy atom. The van der Waals surface area contributed by atoms with Crippen LogP contribution in [-0.2, 0) is 0 Å². The molecule has 1 aliphatic rings. The minimum absolute atomic E-state index is 0.861. The molecule has 1 nitrogen and oxygen atoms in total. The summed E-state index contributed by atoms with van der Waals surface area (Å²) in [7, 11) is 0. The highest BCUT2D eigenvalue weighted by atomic mass is 32.2. The van der Waals surface area contributed by atoms with Crippen molar-refractivity contribution in [3.05, 3.63) is 0 Å². The zero-order valence-corrected chi connectivity index (χ0v) is 9.04. The summed E-state index contributed by atoms with van der Waals surface area (Å²) in [5.74, 6) is 4.02. The molecule has 0 spiro atoms. The molecule has 13 heavy (non-hydrogen) atoms. The van der Waals surface area contributed by atoms with Crippen molar-refractivity contribution in [2.24, 2.45) is 0 Å². The molecule has 1 aliphatic heterocycles. The van der Waals surface area contributed by atoms with Gasteiger partial charge in [0, 0.05) is 18.2 Å². The van der Waals surface area contributed by atoms with Gasteiger partial charge in [0.1, 0.15) is 0 Å². The van der Waals surface area contributed by atoms with Crippen LogP contribution in [0.2, 0.25) is 0 Å². The lowest BCUT2D eigenvalue weighted by atomic mass is 10.2. The average Bonchev–Trinajstić information content (AvgIpc) is 2.19. The Morgan fingerprint density at radius 2 is 2.38 bits per heavy atom. The average molecular weight is 197 g/mol. The SMILES string of the molecule is C#CCCCNCC1CCCCS1. The highest BCUT2D eigenvalue weighted by Crippen LogP contribution is 2.24. The lowest BCUT2D eigenvalue weighted by molar-refractivity contribution is 0.589. The molecule has 1 rings (SSSR count). The first-order valence-corrected chi connectivity index (χ1v) is 6.24. The van der Waals surface area contributed by atoms with Crippen molar-refractivity contribution < 1.29 is 0 Å². The van der Waals surface area contributed by atoms with E-state index in [1.54, 1.807) is 0 Å². The number of thioether (sulfide) groups is 1. The Balaban J connectivity index is 1.90. The summed E-state index contributed by atoms with van der Waals surface area (Å²) in [6.45, 7) is 2.26. The molecule has 1 saturated heterocycles. The fraction of sp³-hybridized carbons (Fsp3) is 0.818. The molecule has 1 heterocycles. The Labute approximate surface area is 86.1 Å². The van der Waals surface area contributed by atoms with Gasteiger partial charge in [-0.3, -0.25) is 0 Å². The minimum atomic E-state index is 0.861. The van der Waals surface area contributed by atoms with Gasteiger partial charge < -0.3 is 5.32 Å². The zero-order chi connectivity index (χ0) is 9.36. The van der Waals surface area contributed by atoms with Crippen LogP contribution in [0.3, 0.4) is 0 Å². The van der Waals surface area contributed by atoms with Crippen molar-refractivity contribution in [3.63, 3.8) is 0 Å². The maximum atomic E-state index is 5.17. The van der Waals surface area contributed by atoms with E-state index in [1.165, 1.54) is 31.6 Å². The first kappa shape index (κ1) is 10.9. The fourth-order valence-electron chi connectivity index (χ4n) is 1.55. The van der Waals surface area contributed by atoms with Gasteiger partial charge in [0.15, 0.2) is 0 Å². The molecule has 0 aliphatic carbocycles. The lowest BCUT2D eigenvalue weighted by Crippen LogP contribution is -2.27. The third-order valence-corrected chi connectivity index (χ3v) is 3.72. The number of rotatable bonds is 5. The van der Waals surface area contributed by atoms with Crippen LogP contribution in [0.1, 0.15) is 32.1 Å². The van der Waals surface area contributed by atoms with E-state index in [9.17, 15) is 0 Å². The standard InChI is InChI=1S/C11H19NS/c1-2-3-5-8-12-10-11-7-4-6-9-13-11/h1,11-12H,3-10H2. The number of unbranched alkanes of at least 4 members (excludes halogenated alkanes) is 1. The normalized spacial score (nSPS) is 22.5. The molecule has 0 aromatic rings. The Bertz CT molecular complexity index is 156. The van der Waals surface area contributed by atoms with Gasteiger partial charge in [0.05, 0.1) is 0 Å². The van der Waals surface area contributed by atoms with Crippen LogP contribution in [0.25, 0.3) is 0 Å². The molecule has 0 bridgehead atoms. The number of hydrogen-bond acceptors (Lipinski definition) is 2. The summed E-state index contributed by atoms with van der Waals surface area (Å²) in [5, 5.41) is 4.33. The summed E-state index contributed by atoms with van der Waals surface area (Å²) in [5.41, 5.74) is 0. The number of nitrogens with one attached hydrogen (secondary N) is 1. The number of hydrogen-bond donors (Lipinski definition) is 1. The van der Waals surface area contributed by atoms with Gasteiger partial charge in [-0.2, -0.15) is 11.8 Å². The summed E-state index contributed by atoms with van der Waals surface area (Å²) in [4.78, 5) is 0. The molecular formula is C11H19NS. The predicted molar refractivity (Wildman–Crippen MR) is 61.0 cm³/mol. The van der Waals surface area contributed by atoms with Crippen LogP contribution in [0.5, 0.6) is 0 Å². The van der Waals surface area contributed by atoms with Crippen molar-refractivity contribution >= 4 is 11.8 Å². The minimum Gasteiger partial charge on any atom is -0.316 e. The van der Waals surface area contributed by atoms with Crippen molar-refractivity contribution in [1.82, 2.24) is 5.32 Å². The molecule has 1 N–H and O–H groups in total. The molecule has 0 aromatic heterocycles. The third kappa shape index (κ3) is 5.23. The Morgan fingerprint density at radius 1 is 1.46 bits per heavy atom. The van der Waals surface area contributed by atoms with Gasteiger partial charge in [-0.1, -0.05) is 6.42 Å². The molecule has 0 radical (unpaired) electrons. The van der Waals surface area contributed by atoms with E-state index >= 15 is 0 Å². The van der Waals surface area contributed by atoms with E-state index in [2.05, 4.69) is 23.0 Å². The van der Waals surface area contributed by atoms with Gasteiger partial charge in [0.25, 0.3) is 0 Å². The molecule has 0 aromatic carbocycles. The zero-order valence-electron chi connectivity index (χ0n) is 8.22. The third-order valence-electron chi connectivity index (χ3n) is 2.32. The quantitative estimate of drug-likeness (QED) is 0.536. The second-order valence-electron chi connectivity index (χ2n) is 3.50. The van der Waals surface area contributed by atoms with Crippen LogP contribution >= 0.6 is 11.8 Å². The van der Waals surface area contributed by atoms with E-state index in [1.807, 2.05) is 0 Å². The van der Waals surface area contributed by atoms with Crippen molar-refractivity contribution in [3.8, 4) is 12.3 Å². The predicted octanol–water partition coefficient (Wildman–Crippen LogP) is 2.28. The van der Waals surface area contributed by atoms with Gasteiger partial charge in [-0.05, 0) is 31.6 Å². The summed E-state index contributed by atoms with van der Waals surface area (Å²) >= 11 is 2.12. The van der Waals surface area contributed by atoms with Crippen LogP contribution in [0, 0.1) is 12.3 Å². The lowest BCUT2D eigenvalue weighted by Gasteiger charge is -2.21. The van der Waals surface area contributed by atoms with E-state index in [0.29, 0.717) is 0 Å². The van der Waals surface area contributed by atoms with Gasteiger partial charge in [0.2, 0.25) is 0 Å². The molecule has 74 valence electrons. The van der Waals surface area contributed by atoms with E-state index < -0.39 is 0 Å². The molecule has 1 unspecified atom stereocenters. The highest BCUT2D eigenvalue weighted by molar-refractivity contribution is 7.99. The highest BCUT2D eigenvalue weighted by Gasteiger charge is 2.12. The van der Waals surface area contributed by atoms with E-state index in [0.717, 1.165) is 24.6 Å². The summed E-state index contributed by atoms with van der Waals surface area (Å²) in [6.07, 6.45) is 11.4. The van der Waals surface area contributed by atoms with Crippen molar-refractivity contribution in [2.75, 3.05) is 18.8 Å². The maximum absolute atomic E-state index is 5.17. The second-order valence-corrected chi connectivity index (χ2v) is 4.91. The molecule has 2 heteroatoms. The topological polar surface area (TPSA) is 12.0 Å². The molecule has 0 saturated carbocycles. The van der Waals surface area contributed by atoms with E-state index in [-0.39, 0.29) is 0 Å². The van der Waals surface area contributed by atoms with Crippen LogP contribution in [0.15, 0.2) is 0 Å². The second kappa shape index (κ2) is 7.29. The van der Waals surface area contributed by atoms with Crippen LogP contribution in [-0.4, -0.2) is 24.1 Å². The molecular weight excluding hydrogens is 178 g/mol. The molecule has 1 atom stereocenters. The van der Waals surface area contributed by atoms with Gasteiger partial charge in [-0.15, -0.1) is 12.3 Å². The molecule has 0 amide bonds. The summed E-state index contributed by atoms with van der Waals surface area (Å²) < 4.78 is 0. The largest absolute Gasteiger partial charge is 0.316 e. The van der Waals surface area contributed by atoms with Gasteiger partial charge >= 0.3 is 0 Å². The van der Waals surface area contributed by atoms with Crippen molar-refractivity contribution in [2.45, 2.75) is 37.4 Å². The molecule has 1 fully saturated rings. The number of terminal acetylenes is 1. The smallest absolute Gasteiger partial charge is 0.0172 e. The monoisotopic (exact) mass is 197 g/mol. The fourth-order valence-corrected chi connectivity index (χ4v) is 2.82. The van der Waals surface area contributed by atoms with Crippen LogP contribution in [0.4, 0.5) is 0 Å². The van der Waals surface area contributed by atoms with Crippen LogP contribution < -0.4 is 5.32 Å². The van der Waals surface area contributed by atoms with Gasteiger partial charge in [-0.25, -0.2) is 0 Å². The van der Waals surface area contributed by atoms with E-state index in [4.69, 9.17) is 6.42 Å².